The molecule has 12 nitrogen and oxygen atoms in total. The number of aromatic nitrogens is 6. The molecule has 20 heteroatoms. The van der Waals surface area contributed by atoms with Gasteiger partial charge in [-0.25, -0.2) is 14.6 Å². The number of hydrogen-bond donors (Lipinski definition) is 1. The average Bonchev–Trinajstić information content (AvgIpc) is 3.85. The number of ether oxygens (including phenoxy) is 1. The van der Waals surface area contributed by atoms with E-state index in [0.717, 1.165) is 56.7 Å². The molecule has 0 amide bonds. The van der Waals surface area contributed by atoms with Crippen LogP contribution >= 0.6 is 23.2 Å². The molecule has 1 N–H and O–H groups in total. The van der Waals surface area contributed by atoms with Gasteiger partial charge in [0.25, 0.3) is 0 Å². The summed E-state index contributed by atoms with van der Waals surface area (Å²) in [6.45, 7) is -0.559. The maximum absolute atomic E-state index is 14.4. The van der Waals surface area contributed by atoms with Crippen molar-refractivity contribution in [3.05, 3.63) is 145 Å². The zero-order valence-electron chi connectivity index (χ0n) is 27.3. The lowest BCUT2D eigenvalue weighted by Gasteiger charge is -2.14. The number of phenolic OH excluding ortho intramolecular Hbond substituents is 1. The van der Waals surface area contributed by atoms with E-state index in [4.69, 9.17) is 36.8 Å². The average molecular weight is 805 g/mol. The Labute approximate surface area is 313 Å². The van der Waals surface area contributed by atoms with Gasteiger partial charge in [-0.2, -0.15) is 35.7 Å². The van der Waals surface area contributed by atoms with Gasteiger partial charge in [0.2, 0.25) is 17.7 Å². The van der Waals surface area contributed by atoms with Gasteiger partial charge in [0.15, 0.2) is 0 Å². The maximum atomic E-state index is 14.4. The summed E-state index contributed by atoms with van der Waals surface area (Å²) in [4.78, 5) is 29.2. The molecule has 0 aliphatic heterocycles. The topological polar surface area (TPSA) is 143 Å². The standard InChI is InChI=1S/C35H20Cl2F6N6O6/c36-23-6-9-27(50)20(11-23)14-48-32(51)55-31(46-48)19-3-8-26(25(13-19)35(41,42)43)47-16-29(44-17-47)53-28-10-7-24(37)12-21(28)15-49-33(52)54-30(45-49)18-1-4-22(5-2-18)34(38,39)40/h1-13,16-17,50H,14-15H2. The van der Waals surface area contributed by atoms with Crippen molar-refractivity contribution in [3.63, 3.8) is 0 Å². The fourth-order valence-corrected chi connectivity index (χ4v) is 5.73. The van der Waals surface area contributed by atoms with Gasteiger partial charge in [-0.3, -0.25) is 0 Å². The van der Waals surface area contributed by atoms with E-state index in [1.807, 2.05) is 0 Å². The molecule has 282 valence electrons. The lowest BCUT2D eigenvalue weighted by atomic mass is 10.1. The summed E-state index contributed by atoms with van der Waals surface area (Å²) in [5, 5.41) is 18.7. The van der Waals surface area contributed by atoms with E-state index in [1.54, 1.807) is 0 Å². The smallest absolute Gasteiger partial charge is 0.437 e. The van der Waals surface area contributed by atoms with Crippen molar-refractivity contribution in [3.8, 4) is 46.0 Å². The van der Waals surface area contributed by atoms with Crippen molar-refractivity contribution in [2.75, 3.05) is 0 Å². The Hall–Kier alpha value is -6.27. The first-order valence-electron chi connectivity index (χ1n) is 15.5. The third kappa shape index (κ3) is 8.00. The lowest BCUT2D eigenvalue weighted by Crippen LogP contribution is -2.17. The molecule has 0 fully saturated rings. The summed E-state index contributed by atoms with van der Waals surface area (Å²) >= 11 is 12.2. The van der Waals surface area contributed by atoms with Crippen LogP contribution in [0, 0.1) is 0 Å². The van der Waals surface area contributed by atoms with Crippen LogP contribution in [0.15, 0.2) is 110 Å². The molecule has 7 aromatic rings. The summed E-state index contributed by atoms with van der Waals surface area (Å²) in [5.41, 5.74) is -1.98. The number of rotatable bonds is 9. The molecule has 0 saturated carbocycles. The van der Waals surface area contributed by atoms with Crippen LogP contribution in [0.3, 0.4) is 0 Å². The monoisotopic (exact) mass is 804 g/mol. The summed E-state index contributed by atoms with van der Waals surface area (Å²) in [7, 11) is 0. The number of nitrogens with zero attached hydrogens (tertiary/aromatic N) is 6. The van der Waals surface area contributed by atoms with Crippen LogP contribution in [0.2, 0.25) is 10.0 Å². The van der Waals surface area contributed by atoms with E-state index < -0.39 is 40.9 Å². The van der Waals surface area contributed by atoms with Crippen molar-refractivity contribution >= 4 is 23.2 Å². The molecule has 0 spiro atoms. The molecule has 0 aliphatic rings. The van der Waals surface area contributed by atoms with Crippen LogP contribution in [-0.2, 0) is 25.4 Å². The third-order valence-electron chi connectivity index (χ3n) is 7.98. The van der Waals surface area contributed by atoms with E-state index >= 15 is 0 Å². The minimum atomic E-state index is -4.90. The highest BCUT2D eigenvalue weighted by Gasteiger charge is 2.35. The molecule has 3 aromatic heterocycles. The Morgan fingerprint density at radius 1 is 0.709 bits per heavy atom. The van der Waals surface area contributed by atoms with Gasteiger partial charge in [-0.05, 0) is 78.9 Å². The van der Waals surface area contributed by atoms with Gasteiger partial charge in [0.05, 0.1) is 36.1 Å². The molecule has 4 aromatic carbocycles. The molecular weight excluding hydrogens is 785 g/mol. The lowest BCUT2D eigenvalue weighted by molar-refractivity contribution is -0.138. The predicted octanol–water partition coefficient (Wildman–Crippen LogP) is 8.44. The number of alkyl halides is 6. The number of halogens is 8. The van der Waals surface area contributed by atoms with Crippen molar-refractivity contribution < 1.29 is 45.0 Å². The van der Waals surface area contributed by atoms with E-state index in [2.05, 4.69) is 15.2 Å². The van der Waals surface area contributed by atoms with Crippen LogP contribution in [0.1, 0.15) is 22.3 Å². The highest BCUT2D eigenvalue weighted by Crippen LogP contribution is 2.38. The van der Waals surface area contributed by atoms with E-state index in [0.29, 0.717) is 0 Å². The first-order chi connectivity index (χ1) is 26.0. The molecule has 0 unspecified atom stereocenters. The molecule has 3 heterocycles. The number of hydrogen-bond acceptors (Lipinski definition) is 9. The Morgan fingerprint density at radius 2 is 1.29 bits per heavy atom. The Kier molecular flexibility index (Phi) is 9.56. The van der Waals surface area contributed by atoms with Crippen LogP contribution in [0.5, 0.6) is 17.4 Å². The molecule has 7 rings (SSSR count). The molecule has 0 aliphatic carbocycles. The highest BCUT2D eigenvalue weighted by atomic mass is 35.5. The van der Waals surface area contributed by atoms with Gasteiger partial charge in [0, 0.05) is 32.3 Å². The summed E-state index contributed by atoms with van der Waals surface area (Å²) < 4.78 is 101. The second kappa shape index (κ2) is 14.2. The normalized spacial score (nSPS) is 12.0. The number of aromatic hydroxyl groups is 1. The van der Waals surface area contributed by atoms with Gasteiger partial charge < -0.3 is 23.2 Å². The Balaban J connectivity index is 1.13. The van der Waals surface area contributed by atoms with Crippen LogP contribution in [0.4, 0.5) is 26.3 Å². The second-order valence-corrected chi connectivity index (χ2v) is 12.6. The summed E-state index contributed by atoms with van der Waals surface area (Å²) in [5.74, 6) is -2.85. The van der Waals surface area contributed by atoms with Crippen molar-refractivity contribution in [1.29, 1.82) is 0 Å². The van der Waals surface area contributed by atoms with E-state index in [-0.39, 0.29) is 74.3 Å². The summed E-state index contributed by atoms with van der Waals surface area (Å²) in [6, 6.07) is 15.4. The highest BCUT2D eigenvalue weighted by molar-refractivity contribution is 6.31. The minimum Gasteiger partial charge on any atom is -0.508 e. The minimum absolute atomic E-state index is 0.0868. The first-order valence-corrected chi connectivity index (χ1v) is 16.3. The molecular formula is C35H20Cl2F6N6O6. The van der Waals surface area contributed by atoms with E-state index in [9.17, 15) is 41.0 Å². The summed E-state index contributed by atoms with van der Waals surface area (Å²) in [6.07, 6.45) is -7.24. The zero-order chi connectivity index (χ0) is 39.2. The number of imidazole rings is 1. The van der Waals surface area contributed by atoms with Gasteiger partial charge in [-0.15, -0.1) is 10.2 Å². The van der Waals surface area contributed by atoms with Crippen LogP contribution in [-0.4, -0.2) is 34.2 Å². The fourth-order valence-electron chi connectivity index (χ4n) is 5.35. The molecule has 0 saturated heterocycles. The predicted molar refractivity (Wildman–Crippen MR) is 182 cm³/mol. The SMILES string of the molecule is O=c1oc(-c2ccc(-n3cnc(Oc4ccc(Cl)cc4Cn4nc(-c5ccc(C(F)(F)F)cc5)oc4=O)c3)c(C(F)(F)F)c2)nn1Cc1cc(Cl)ccc1O. The van der Waals surface area contributed by atoms with Gasteiger partial charge in [0.1, 0.15) is 17.8 Å². The van der Waals surface area contributed by atoms with Crippen molar-refractivity contribution in [2.24, 2.45) is 0 Å². The largest absolute Gasteiger partial charge is 0.508 e. The van der Waals surface area contributed by atoms with Gasteiger partial charge in [-0.1, -0.05) is 23.2 Å². The fraction of sp³-hybridized carbons (Fsp3) is 0.114. The van der Waals surface area contributed by atoms with Crippen LogP contribution < -0.4 is 16.2 Å². The number of benzene rings is 4. The van der Waals surface area contributed by atoms with Gasteiger partial charge >= 0.3 is 23.9 Å². The molecule has 0 radical (unpaired) electrons. The third-order valence-corrected chi connectivity index (χ3v) is 8.45. The Bertz CT molecular complexity index is 2660. The zero-order valence-corrected chi connectivity index (χ0v) is 28.8. The van der Waals surface area contributed by atoms with Crippen molar-refractivity contribution in [2.45, 2.75) is 25.4 Å². The first kappa shape index (κ1) is 37.1. The van der Waals surface area contributed by atoms with Crippen LogP contribution in [0.25, 0.3) is 28.6 Å². The molecule has 55 heavy (non-hydrogen) atoms. The van der Waals surface area contributed by atoms with Crippen molar-refractivity contribution in [1.82, 2.24) is 29.1 Å². The second-order valence-electron chi connectivity index (χ2n) is 11.7. The van der Waals surface area contributed by atoms with E-state index in [1.165, 1.54) is 48.7 Å². The maximum Gasteiger partial charge on any atom is 0.437 e. The molecule has 0 atom stereocenters. The quantitative estimate of drug-likeness (QED) is 0.142. The number of phenols is 1. The Morgan fingerprint density at radius 3 is 1.93 bits per heavy atom. The molecule has 0 bridgehead atoms.